The molecule has 0 aliphatic rings. The fourth-order valence-corrected chi connectivity index (χ4v) is 1.78. The predicted octanol–water partition coefficient (Wildman–Crippen LogP) is 2.09. The molecule has 3 nitrogen and oxygen atoms in total. The highest BCUT2D eigenvalue weighted by molar-refractivity contribution is 5.15. The Labute approximate surface area is 95.4 Å². The first kappa shape index (κ1) is 10.9. The van der Waals surface area contributed by atoms with Gasteiger partial charge in [-0.2, -0.15) is 0 Å². The van der Waals surface area contributed by atoms with Gasteiger partial charge >= 0.3 is 0 Å². The van der Waals surface area contributed by atoms with Crippen molar-refractivity contribution in [3.63, 3.8) is 0 Å². The molecule has 0 aliphatic carbocycles. The van der Waals surface area contributed by atoms with Gasteiger partial charge in [0, 0.05) is 7.05 Å². The van der Waals surface area contributed by atoms with Crippen molar-refractivity contribution in [2.45, 2.75) is 18.9 Å². The van der Waals surface area contributed by atoms with E-state index in [-0.39, 0.29) is 0 Å². The summed E-state index contributed by atoms with van der Waals surface area (Å²) < 4.78 is 1.86. The lowest BCUT2D eigenvalue weighted by molar-refractivity contribution is 0.159. The van der Waals surface area contributed by atoms with Gasteiger partial charge in [0.15, 0.2) is 0 Å². The minimum atomic E-state index is -0.437. The number of hydrogen-bond acceptors (Lipinski definition) is 2. The highest BCUT2D eigenvalue weighted by Gasteiger charge is 2.10. The molecule has 0 bridgehead atoms. The van der Waals surface area contributed by atoms with Gasteiger partial charge in [0.05, 0.1) is 24.3 Å². The van der Waals surface area contributed by atoms with Crippen LogP contribution in [0.5, 0.6) is 0 Å². The van der Waals surface area contributed by atoms with E-state index in [2.05, 4.69) is 17.1 Å². The van der Waals surface area contributed by atoms with Gasteiger partial charge in [-0.3, -0.25) is 0 Å². The molecule has 2 aromatic rings. The summed E-state index contributed by atoms with van der Waals surface area (Å²) in [6.45, 7) is 0. The van der Waals surface area contributed by atoms with Crippen molar-refractivity contribution in [1.29, 1.82) is 0 Å². The van der Waals surface area contributed by atoms with Gasteiger partial charge < -0.3 is 9.67 Å². The van der Waals surface area contributed by atoms with Crippen molar-refractivity contribution in [3.05, 3.63) is 54.1 Å². The molecule has 1 N–H and O–H groups in total. The molecule has 16 heavy (non-hydrogen) atoms. The Morgan fingerprint density at radius 1 is 1.31 bits per heavy atom. The number of hydrogen-bond donors (Lipinski definition) is 1. The molecular formula is C13H16N2O. The van der Waals surface area contributed by atoms with Gasteiger partial charge in [-0.1, -0.05) is 30.3 Å². The van der Waals surface area contributed by atoms with Crippen LogP contribution in [0.4, 0.5) is 0 Å². The van der Waals surface area contributed by atoms with Crippen LogP contribution in [0, 0.1) is 0 Å². The highest BCUT2D eigenvalue weighted by Crippen LogP contribution is 2.17. The standard InChI is InChI=1S/C13H16N2O/c1-15-10-14-9-12(15)13(16)8-7-11-5-3-2-4-6-11/h2-6,9-10,13,16H,7-8H2,1H3/t13-/m1/s1. The maximum atomic E-state index is 9.99. The molecule has 3 heteroatoms. The summed E-state index contributed by atoms with van der Waals surface area (Å²) in [6.07, 6.45) is 4.60. The number of aliphatic hydroxyl groups is 1. The highest BCUT2D eigenvalue weighted by atomic mass is 16.3. The molecule has 1 aromatic heterocycles. The molecular weight excluding hydrogens is 200 g/mol. The zero-order valence-electron chi connectivity index (χ0n) is 9.37. The fourth-order valence-electron chi connectivity index (χ4n) is 1.78. The van der Waals surface area contributed by atoms with E-state index in [1.54, 1.807) is 12.5 Å². The Morgan fingerprint density at radius 3 is 2.69 bits per heavy atom. The van der Waals surface area contributed by atoms with Gasteiger partial charge in [0.2, 0.25) is 0 Å². The Balaban J connectivity index is 1.94. The first-order chi connectivity index (χ1) is 7.77. The van der Waals surface area contributed by atoms with E-state index in [1.807, 2.05) is 29.8 Å². The van der Waals surface area contributed by atoms with Crippen LogP contribution in [0.25, 0.3) is 0 Å². The molecule has 0 spiro atoms. The molecule has 0 fully saturated rings. The summed E-state index contributed by atoms with van der Waals surface area (Å²) in [6, 6.07) is 10.2. The number of aryl methyl sites for hydroxylation is 2. The van der Waals surface area contributed by atoms with Crippen LogP contribution in [0.1, 0.15) is 23.8 Å². The second-order valence-corrected chi connectivity index (χ2v) is 3.97. The van der Waals surface area contributed by atoms with Gasteiger partial charge in [0.1, 0.15) is 0 Å². The zero-order chi connectivity index (χ0) is 11.4. The third-order valence-electron chi connectivity index (χ3n) is 2.74. The first-order valence-corrected chi connectivity index (χ1v) is 5.45. The number of benzene rings is 1. The molecule has 0 aliphatic heterocycles. The molecule has 0 unspecified atom stereocenters. The van der Waals surface area contributed by atoms with Crippen LogP contribution in [0.15, 0.2) is 42.9 Å². The number of aliphatic hydroxyl groups excluding tert-OH is 1. The van der Waals surface area contributed by atoms with E-state index in [4.69, 9.17) is 0 Å². The van der Waals surface area contributed by atoms with Crippen molar-refractivity contribution in [2.24, 2.45) is 7.05 Å². The predicted molar refractivity (Wildman–Crippen MR) is 62.9 cm³/mol. The van der Waals surface area contributed by atoms with Crippen LogP contribution < -0.4 is 0 Å². The maximum absolute atomic E-state index is 9.99. The van der Waals surface area contributed by atoms with Crippen molar-refractivity contribution in [2.75, 3.05) is 0 Å². The average molecular weight is 216 g/mol. The van der Waals surface area contributed by atoms with Crippen LogP contribution in [0.3, 0.4) is 0 Å². The Hall–Kier alpha value is -1.61. The molecule has 84 valence electrons. The lowest BCUT2D eigenvalue weighted by Gasteiger charge is -2.10. The van der Waals surface area contributed by atoms with E-state index in [9.17, 15) is 5.11 Å². The maximum Gasteiger partial charge on any atom is 0.0958 e. The molecule has 0 saturated heterocycles. The van der Waals surface area contributed by atoms with E-state index in [1.165, 1.54) is 5.56 Å². The Kier molecular flexibility index (Phi) is 3.37. The third-order valence-corrected chi connectivity index (χ3v) is 2.74. The quantitative estimate of drug-likeness (QED) is 0.849. The molecule has 1 heterocycles. The topological polar surface area (TPSA) is 38.0 Å². The molecule has 0 radical (unpaired) electrons. The molecule has 0 amide bonds. The van der Waals surface area contributed by atoms with E-state index < -0.39 is 6.10 Å². The SMILES string of the molecule is Cn1cncc1[C@H](O)CCc1ccccc1. The molecule has 0 saturated carbocycles. The number of nitrogens with zero attached hydrogens (tertiary/aromatic N) is 2. The van der Waals surface area contributed by atoms with Crippen LogP contribution in [-0.4, -0.2) is 14.7 Å². The number of aromatic nitrogens is 2. The van der Waals surface area contributed by atoms with Crippen LogP contribution in [-0.2, 0) is 13.5 Å². The van der Waals surface area contributed by atoms with Gasteiger partial charge in [-0.05, 0) is 18.4 Å². The van der Waals surface area contributed by atoms with Gasteiger partial charge in [0.25, 0.3) is 0 Å². The molecule has 1 atom stereocenters. The van der Waals surface area contributed by atoms with Crippen molar-refractivity contribution in [1.82, 2.24) is 9.55 Å². The van der Waals surface area contributed by atoms with Crippen molar-refractivity contribution >= 4 is 0 Å². The molecule has 1 aromatic carbocycles. The van der Waals surface area contributed by atoms with Crippen LogP contribution in [0.2, 0.25) is 0 Å². The minimum absolute atomic E-state index is 0.437. The van der Waals surface area contributed by atoms with Gasteiger partial charge in [-0.15, -0.1) is 0 Å². The van der Waals surface area contributed by atoms with Crippen LogP contribution >= 0.6 is 0 Å². The monoisotopic (exact) mass is 216 g/mol. The van der Waals surface area contributed by atoms with E-state index in [0.29, 0.717) is 0 Å². The summed E-state index contributed by atoms with van der Waals surface area (Å²) >= 11 is 0. The smallest absolute Gasteiger partial charge is 0.0958 e. The normalized spacial score (nSPS) is 12.6. The Morgan fingerprint density at radius 2 is 2.06 bits per heavy atom. The summed E-state index contributed by atoms with van der Waals surface area (Å²) in [5.74, 6) is 0. The first-order valence-electron chi connectivity index (χ1n) is 5.45. The fraction of sp³-hybridized carbons (Fsp3) is 0.308. The summed E-state index contributed by atoms with van der Waals surface area (Å²) in [5, 5.41) is 9.99. The van der Waals surface area contributed by atoms with Crippen molar-refractivity contribution in [3.8, 4) is 0 Å². The van der Waals surface area contributed by atoms with Gasteiger partial charge in [-0.25, -0.2) is 4.98 Å². The van der Waals surface area contributed by atoms with E-state index >= 15 is 0 Å². The lowest BCUT2D eigenvalue weighted by Crippen LogP contribution is -2.04. The molecule has 2 rings (SSSR count). The second kappa shape index (κ2) is 4.94. The zero-order valence-corrected chi connectivity index (χ0v) is 9.37. The third kappa shape index (κ3) is 2.49. The summed E-state index contributed by atoms with van der Waals surface area (Å²) in [7, 11) is 1.90. The largest absolute Gasteiger partial charge is 0.387 e. The Bertz CT molecular complexity index is 436. The average Bonchev–Trinajstić information content (AvgIpc) is 2.74. The summed E-state index contributed by atoms with van der Waals surface area (Å²) in [4.78, 5) is 4.00. The lowest BCUT2D eigenvalue weighted by atomic mass is 10.1. The second-order valence-electron chi connectivity index (χ2n) is 3.97. The summed E-state index contributed by atoms with van der Waals surface area (Å²) in [5.41, 5.74) is 2.12. The minimum Gasteiger partial charge on any atom is -0.387 e. The number of imidazole rings is 1. The number of rotatable bonds is 4. The van der Waals surface area contributed by atoms with Crippen molar-refractivity contribution < 1.29 is 5.11 Å². The van der Waals surface area contributed by atoms with E-state index in [0.717, 1.165) is 18.5 Å².